The van der Waals surface area contributed by atoms with Gasteiger partial charge in [-0.2, -0.15) is 0 Å². The van der Waals surface area contributed by atoms with Crippen molar-refractivity contribution in [2.24, 2.45) is 5.92 Å². The second-order valence-electron chi connectivity index (χ2n) is 6.11. The SMILES string of the molecule is CC1CN(C(=O)C2CCNCC2)CC(c2ccccc2)O1.Cl. The number of hydrogen-bond donors (Lipinski definition) is 1. The van der Waals surface area contributed by atoms with E-state index in [-0.39, 0.29) is 30.5 Å². The van der Waals surface area contributed by atoms with Gasteiger partial charge in [-0.05, 0) is 38.4 Å². The summed E-state index contributed by atoms with van der Waals surface area (Å²) in [5, 5.41) is 3.32. The van der Waals surface area contributed by atoms with Crippen molar-refractivity contribution in [3.63, 3.8) is 0 Å². The lowest BCUT2D eigenvalue weighted by atomic mass is 9.95. The summed E-state index contributed by atoms with van der Waals surface area (Å²) in [6.07, 6.45) is 2.01. The highest BCUT2D eigenvalue weighted by molar-refractivity contribution is 5.85. The second-order valence-corrected chi connectivity index (χ2v) is 6.11. The van der Waals surface area contributed by atoms with E-state index in [0.717, 1.165) is 31.5 Å². The third-order valence-electron chi connectivity index (χ3n) is 4.43. The molecule has 1 N–H and O–H groups in total. The molecule has 2 aliphatic heterocycles. The number of benzene rings is 1. The standard InChI is InChI=1S/C17H24N2O2.ClH/c1-13-11-19(17(20)15-7-9-18-10-8-15)12-16(21-13)14-5-3-2-4-6-14;/h2-6,13,15-16,18H,7-12H2,1H3;1H. The van der Waals surface area contributed by atoms with E-state index in [4.69, 9.17) is 4.74 Å². The normalized spacial score (nSPS) is 26.3. The molecule has 1 amide bonds. The Kier molecular flexibility index (Phi) is 6.24. The second kappa shape index (κ2) is 7.95. The number of piperidine rings is 1. The van der Waals surface area contributed by atoms with Gasteiger partial charge in [-0.25, -0.2) is 0 Å². The Morgan fingerprint density at radius 2 is 1.86 bits per heavy atom. The molecule has 0 aromatic heterocycles. The molecule has 122 valence electrons. The molecule has 22 heavy (non-hydrogen) atoms. The summed E-state index contributed by atoms with van der Waals surface area (Å²) in [6, 6.07) is 10.2. The molecule has 2 saturated heterocycles. The number of hydrogen-bond acceptors (Lipinski definition) is 3. The van der Waals surface area contributed by atoms with E-state index in [1.54, 1.807) is 0 Å². The molecule has 2 heterocycles. The molecule has 2 aliphatic rings. The number of carbonyl (C=O) groups excluding carboxylic acids is 1. The molecule has 2 unspecified atom stereocenters. The van der Waals surface area contributed by atoms with E-state index in [1.807, 2.05) is 23.1 Å². The molecule has 2 atom stereocenters. The number of halogens is 1. The van der Waals surface area contributed by atoms with Crippen molar-refractivity contribution >= 4 is 18.3 Å². The van der Waals surface area contributed by atoms with Crippen molar-refractivity contribution in [3.8, 4) is 0 Å². The number of rotatable bonds is 2. The maximum absolute atomic E-state index is 12.7. The van der Waals surface area contributed by atoms with Crippen molar-refractivity contribution in [1.29, 1.82) is 0 Å². The lowest BCUT2D eigenvalue weighted by Crippen LogP contribution is -2.49. The first kappa shape index (κ1) is 17.3. The number of ether oxygens (including phenoxy) is 1. The summed E-state index contributed by atoms with van der Waals surface area (Å²) in [7, 11) is 0. The molecule has 1 aromatic carbocycles. The van der Waals surface area contributed by atoms with Gasteiger partial charge in [0.1, 0.15) is 6.10 Å². The zero-order valence-corrected chi connectivity index (χ0v) is 13.8. The van der Waals surface area contributed by atoms with Crippen LogP contribution in [0.1, 0.15) is 31.4 Å². The van der Waals surface area contributed by atoms with Crippen molar-refractivity contribution in [3.05, 3.63) is 35.9 Å². The number of amides is 1. The van der Waals surface area contributed by atoms with Crippen molar-refractivity contribution < 1.29 is 9.53 Å². The molecule has 0 saturated carbocycles. The van der Waals surface area contributed by atoms with E-state index in [2.05, 4.69) is 24.4 Å². The Labute approximate surface area is 138 Å². The molecule has 3 rings (SSSR count). The summed E-state index contributed by atoms with van der Waals surface area (Å²) in [5.41, 5.74) is 1.16. The molecule has 0 aliphatic carbocycles. The molecular formula is C17H25ClN2O2. The van der Waals surface area contributed by atoms with Crippen LogP contribution in [0.4, 0.5) is 0 Å². The highest BCUT2D eigenvalue weighted by atomic mass is 35.5. The highest BCUT2D eigenvalue weighted by Gasteiger charge is 2.33. The number of morpholine rings is 1. The molecule has 0 radical (unpaired) electrons. The lowest BCUT2D eigenvalue weighted by Gasteiger charge is -2.39. The summed E-state index contributed by atoms with van der Waals surface area (Å²) in [6.45, 7) is 5.36. The highest BCUT2D eigenvalue weighted by Crippen LogP contribution is 2.27. The van der Waals surface area contributed by atoms with E-state index in [9.17, 15) is 4.79 Å². The Morgan fingerprint density at radius 1 is 1.18 bits per heavy atom. The van der Waals surface area contributed by atoms with Gasteiger partial charge in [-0.3, -0.25) is 4.79 Å². The quantitative estimate of drug-likeness (QED) is 0.908. The van der Waals surface area contributed by atoms with Gasteiger partial charge < -0.3 is 15.0 Å². The largest absolute Gasteiger partial charge is 0.367 e. The van der Waals surface area contributed by atoms with Gasteiger partial charge in [0, 0.05) is 12.5 Å². The van der Waals surface area contributed by atoms with Gasteiger partial charge in [0.2, 0.25) is 5.91 Å². The van der Waals surface area contributed by atoms with Crippen LogP contribution in [0.5, 0.6) is 0 Å². The fourth-order valence-electron chi connectivity index (χ4n) is 3.31. The number of nitrogens with one attached hydrogen (secondary N) is 1. The Morgan fingerprint density at radius 3 is 2.55 bits per heavy atom. The zero-order chi connectivity index (χ0) is 14.7. The summed E-state index contributed by atoms with van der Waals surface area (Å²) in [4.78, 5) is 14.7. The maximum atomic E-state index is 12.7. The Bertz CT molecular complexity index is 477. The molecule has 2 fully saturated rings. The smallest absolute Gasteiger partial charge is 0.225 e. The minimum atomic E-state index is 0. The Balaban J connectivity index is 0.00000176. The summed E-state index contributed by atoms with van der Waals surface area (Å²) < 4.78 is 6.03. The van der Waals surface area contributed by atoms with Gasteiger partial charge in [0.25, 0.3) is 0 Å². The topological polar surface area (TPSA) is 41.6 Å². The van der Waals surface area contributed by atoms with Gasteiger partial charge >= 0.3 is 0 Å². The van der Waals surface area contributed by atoms with Gasteiger partial charge in [0.05, 0.1) is 12.6 Å². The monoisotopic (exact) mass is 324 g/mol. The van der Waals surface area contributed by atoms with Crippen LogP contribution in [-0.2, 0) is 9.53 Å². The van der Waals surface area contributed by atoms with Crippen LogP contribution in [0.3, 0.4) is 0 Å². The van der Waals surface area contributed by atoms with Crippen LogP contribution in [-0.4, -0.2) is 43.1 Å². The van der Waals surface area contributed by atoms with Gasteiger partial charge in [0.15, 0.2) is 0 Å². The van der Waals surface area contributed by atoms with Gasteiger partial charge in [-0.15, -0.1) is 12.4 Å². The number of carbonyl (C=O) groups is 1. The molecule has 1 aromatic rings. The van der Waals surface area contributed by atoms with Gasteiger partial charge in [-0.1, -0.05) is 30.3 Å². The minimum absolute atomic E-state index is 0. The predicted octanol–water partition coefficient (Wildman–Crippen LogP) is 2.40. The van der Waals surface area contributed by atoms with E-state index >= 15 is 0 Å². The first-order valence-electron chi connectivity index (χ1n) is 7.94. The number of nitrogens with zero attached hydrogens (tertiary/aromatic N) is 1. The average Bonchev–Trinajstić information content (AvgIpc) is 2.55. The first-order chi connectivity index (χ1) is 10.2. The van der Waals surface area contributed by atoms with Crippen LogP contribution >= 0.6 is 12.4 Å². The van der Waals surface area contributed by atoms with Crippen LogP contribution in [0.2, 0.25) is 0 Å². The van der Waals surface area contributed by atoms with Crippen molar-refractivity contribution in [2.45, 2.75) is 32.0 Å². The molecule has 0 spiro atoms. The van der Waals surface area contributed by atoms with E-state index < -0.39 is 0 Å². The van der Waals surface area contributed by atoms with Crippen LogP contribution < -0.4 is 5.32 Å². The third kappa shape index (κ3) is 4.00. The molecule has 5 heteroatoms. The van der Waals surface area contributed by atoms with Crippen molar-refractivity contribution in [1.82, 2.24) is 10.2 Å². The summed E-state index contributed by atoms with van der Waals surface area (Å²) in [5.74, 6) is 0.501. The third-order valence-corrected chi connectivity index (χ3v) is 4.43. The van der Waals surface area contributed by atoms with Crippen LogP contribution in [0.25, 0.3) is 0 Å². The van der Waals surface area contributed by atoms with E-state index in [0.29, 0.717) is 19.0 Å². The fraction of sp³-hybridized carbons (Fsp3) is 0.588. The van der Waals surface area contributed by atoms with Crippen LogP contribution in [0, 0.1) is 5.92 Å². The predicted molar refractivity (Wildman–Crippen MR) is 89.2 cm³/mol. The van der Waals surface area contributed by atoms with Crippen LogP contribution in [0.15, 0.2) is 30.3 Å². The molecule has 0 bridgehead atoms. The lowest BCUT2D eigenvalue weighted by molar-refractivity contribution is -0.149. The minimum Gasteiger partial charge on any atom is -0.367 e. The molecular weight excluding hydrogens is 300 g/mol. The zero-order valence-electron chi connectivity index (χ0n) is 13.0. The molecule has 4 nitrogen and oxygen atoms in total. The average molecular weight is 325 g/mol. The fourth-order valence-corrected chi connectivity index (χ4v) is 3.31. The van der Waals surface area contributed by atoms with Crippen molar-refractivity contribution in [2.75, 3.05) is 26.2 Å². The maximum Gasteiger partial charge on any atom is 0.225 e. The first-order valence-corrected chi connectivity index (χ1v) is 7.94. The summed E-state index contributed by atoms with van der Waals surface area (Å²) >= 11 is 0. The van der Waals surface area contributed by atoms with E-state index in [1.165, 1.54) is 0 Å². The Hall–Kier alpha value is -1.10.